The smallest absolute Gasteiger partial charge is 0.316 e. The van der Waals surface area contributed by atoms with Crippen molar-refractivity contribution in [3.63, 3.8) is 0 Å². The number of hydrogen-bond donors (Lipinski definition) is 1. The summed E-state index contributed by atoms with van der Waals surface area (Å²) < 4.78 is 5.76. The van der Waals surface area contributed by atoms with Crippen LogP contribution < -0.4 is 0 Å². The average molecular weight is 408 g/mol. The first kappa shape index (κ1) is 19.4. The average Bonchev–Trinajstić information content (AvgIpc) is 2.54. The zero-order valence-corrected chi connectivity index (χ0v) is 16.4. The number of esters is 1. The molecule has 1 atom stereocenters. The van der Waals surface area contributed by atoms with Crippen LogP contribution in [0.4, 0.5) is 5.69 Å². The summed E-state index contributed by atoms with van der Waals surface area (Å²) in [7, 11) is 1.28. The van der Waals surface area contributed by atoms with Gasteiger partial charge in [0.1, 0.15) is 11.7 Å². The molecule has 134 valence electrons. The van der Waals surface area contributed by atoms with Crippen LogP contribution in [0.1, 0.15) is 33.6 Å². The Labute approximate surface area is 155 Å². The number of carbonyl (C=O) groups is 2. The highest BCUT2D eigenvalue weighted by Gasteiger charge is 2.47. The third kappa shape index (κ3) is 4.00. The van der Waals surface area contributed by atoms with E-state index in [0.717, 1.165) is 4.47 Å². The normalized spacial score (nSPS) is 20.6. The van der Waals surface area contributed by atoms with Gasteiger partial charge in [0.05, 0.1) is 24.1 Å². The number of ether oxygens (including phenoxy) is 1. The summed E-state index contributed by atoms with van der Waals surface area (Å²) in [5.74, 6) is -1.88. The van der Waals surface area contributed by atoms with Gasteiger partial charge >= 0.3 is 5.97 Å². The standard InChI is InChI=1S/C19H22BrNO4/c1-5-13(21-12-8-6-11(20)7-9-12)15-14(22)10-19(2,3)16(17(15)23)18(24)25-4/h6-9,16,23H,5,10H2,1-4H3/t16-/m1/s1. The molecule has 1 aliphatic carbocycles. The van der Waals surface area contributed by atoms with Gasteiger partial charge in [-0.25, -0.2) is 0 Å². The van der Waals surface area contributed by atoms with Gasteiger partial charge in [0.2, 0.25) is 0 Å². The van der Waals surface area contributed by atoms with Crippen LogP contribution in [0, 0.1) is 11.3 Å². The quantitative estimate of drug-likeness (QED) is 0.587. The van der Waals surface area contributed by atoms with E-state index in [9.17, 15) is 14.7 Å². The Bertz CT molecular complexity index is 747. The molecule has 1 N–H and O–H groups in total. The zero-order chi connectivity index (χ0) is 18.8. The van der Waals surface area contributed by atoms with Crippen LogP contribution in [-0.4, -0.2) is 29.7 Å². The van der Waals surface area contributed by atoms with Gasteiger partial charge in [-0.05, 0) is 36.1 Å². The number of rotatable bonds is 4. The molecule has 5 nitrogen and oxygen atoms in total. The Kier molecular flexibility index (Phi) is 5.83. The maximum absolute atomic E-state index is 12.7. The van der Waals surface area contributed by atoms with Crippen molar-refractivity contribution in [2.24, 2.45) is 16.3 Å². The lowest BCUT2D eigenvalue weighted by atomic mass is 9.67. The minimum absolute atomic E-state index is 0.139. The Morgan fingerprint density at radius 1 is 1.36 bits per heavy atom. The topological polar surface area (TPSA) is 76.0 Å². The predicted octanol–water partition coefficient (Wildman–Crippen LogP) is 4.53. The molecule has 0 amide bonds. The Morgan fingerprint density at radius 2 is 1.96 bits per heavy atom. The van der Waals surface area contributed by atoms with Crippen LogP contribution in [0.15, 0.2) is 45.1 Å². The third-order valence-corrected chi connectivity index (χ3v) is 4.89. The summed E-state index contributed by atoms with van der Waals surface area (Å²) in [5, 5.41) is 10.7. The van der Waals surface area contributed by atoms with E-state index in [4.69, 9.17) is 4.74 Å². The number of halogens is 1. The van der Waals surface area contributed by atoms with Gasteiger partial charge in [-0.2, -0.15) is 0 Å². The van der Waals surface area contributed by atoms with Crippen molar-refractivity contribution in [2.75, 3.05) is 7.11 Å². The highest BCUT2D eigenvalue weighted by molar-refractivity contribution is 9.10. The van der Waals surface area contributed by atoms with E-state index in [-0.39, 0.29) is 23.5 Å². The van der Waals surface area contributed by atoms with Crippen molar-refractivity contribution in [3.05, 3.63) is 40.1 Å². The lowest BCUT2D eigenvalue weighted by Gasteiger charge is -2.36. The summed E-state index contributed by atoms with van der Waals surface area (Å²) in [6, 6.07) is 7.32. The largest absolute Gasteiger partial charge is 0.511 e. The van der Waals surface area contributed by atoms with E-state index in [0.29, 0.717) is 17.8 Å². The number of methoxy groups -OCH3 is 1. The van der Waals surface area contributed by atoms with Crippen molar-refractivity contribution in [3.8, 4) is 0 Å². The van der Waals surface area contributed by atoms with Crippen molar-refractivity contribution in [1.29, 1.82) is 0 Å². The molecule has 0 aliphatic heterocycles. The van der Waals surface area contributed by atoms with E-state index < -0.39 is 17.3 Å². The highest BCUT2D eigenvalue weighted by Crippen LogP contribution is 2.42. The number of Topliss-reactive ketones (excluding diaryl/α,β-unsaturated/α-hetero) is 1. The molecule has 6 heteroatoms. The molecule has 2 rings (SSSR count). The molecule has 1 aliphatic rings. The fraction of sp³-hybridized carbons (Fsp3) is 0.421. The summed E-state index contributed by atoms with van der Waals surface area (Å²) in [6.07, 6.45) is 0.598. The minimum atomic E-state index is -0.883. The van der Waals surface area contributed by atoms with Crippen LogP contribution in [0.5, 0.6) is 0 Å². The fourth-order valence-corrected chi connectivity index (χ4v) is 3.37. The molecule has 25 heavy (non-hydrogen) atoms. The molecular weight excluding hydrogens is 386 g/mol. The molecule has 1 aromatic carbocycles. The van der Waals surface area contributed by atoms with E-state index in [2.05, 4.69) is 20.9 Å². The molecule has 0 saturated heterocycles. The van der Waals surface area contributed by atoms with E-state index in [1.54, 1.807) is 13.8 Å². The van der Waals surface area contributed by atoms with Gasteiger partial charge in [-0.3, -0.25) is 14.6 Å². The molecule has 0 fully saturated rings. The van der Waals surface area contributed by atoms with Crippen molar-refractivity contribution in [1.82, 2.24) is 0 Å². The van der Waals surface area contributed by atoms with Crippen LogP contribution in [0.2, 0.25) is 0 Å². The summed E-state index contributed by atoms with van der Waals surface area (Å²) in [5.41, 5.74) is 0.566. The van der Waals surface area contributed by atoms with Gasteiger partial charge in [0.25, 0.3) is 0 Å². The molecule has 0 unspecified atom stereocenters. The Balaban J connectivity index is 2.57. The van der Waals surface area contributed by atoms with E-state index in [1.165, 1.54) is 7.11 Å². The molecule has 0 aromatic heterocycles. The number of aliphatic hydroxyl groups is 1. The van der Waals surface area contributed by atoms with E-state index >= 15 is 0 Å². The molecule has 0 radical (unpaired) electrons. The molecular formula is C19H22BrNO4. The predicted molar refractivity (Wildman–Crippen MR) is 100 cm³/mol. The first-order valence-electron chi connectivity index (χ1n) is 8.09. The second kappa shape index (κ2) is 7.52. The van der Waals surface area contributed by atoms with Gasteiger partial charge in [-0.15, -0.1) is 0 Å². The molecule has 1 aromatic rings. The number of aliphatic imine (C=N–C) groups is 1. The monoisotopic (exact) mass is 407 g/mol. The summed E-state index contributed by atoms with van der Waals surface area (Å²) >= 11 is 3.37. The van der Waals surface area contributed by atoms with Gasteiger partial charge in [0.15, 0.2) is 5.78 Å². The third-order valence-electron chi connectivity index (χ3n) is 4.36. The number of carbonyl (C=O) groups excluding carboxylic acids is 2. The number of ketones is 1. The highest BCUT2D eigenvalue weighted by atomic mass is 79.9. The summed E-state index contributed by atoms with van der Waals surface area (Å²) in [6.45, 7) is 5.41. The van der Waals surface area contributed by atoms with Gasteiger partial charge in [-0.1, -0.05) is 36.7 Å². The van der Waals surface area contributed by atoms with Gasteiger partial charge < -0.3 is 9.84 Å². The maximum Gasteiger partial charge on any atom is 0.316 e. The zero-order valence-electron chi connectivity index (χ0n) is 14.8. The Morgan fingerprint density at radius 3 is 2.48 bits per heavy atom. The first-order chi connectivity index (χ1) is 11.7. The van der Waals surface area contributed by atoms with Crippen LogP contribution in [0.25, 0.3) is 0 Å². The van der Waals surface area contributed by atoms with Crippen LogP contribution >= 0.6 is 15.9 Å². The van der Waals surface area contributed by atoms with E-state index in [1.807, 2.05) is 31.2 Å². The van der Waals surface area contributed by atoms with Gasteiger partial charge in [0, 0.05) is 10.9 Å². The molecule has 0 spiro atoms. The maximum atomic E-state index is 12.7. The second-order valence-electron chi connectivity index (χ2n) is 6.69. The number of hydrogen-bond acceptors (Lipinski definition) is 5. The fourth-order valence-electron chi connectivity index (χ4n) is 3.10. The van der Waals surface area contributed by atoms with Crippen LogP contribution in [0.3, 0.4) is 0 Å². The number of aliphatic hydroxyl groups excluding tert-OH is 1. The van der Waals surface area contributed by atoms with Crippen molar-refractivity contribution >= 4 is 39.1 Å². The number of nitrogens with zero attached hydrogens (tertiary/aromatic N) is 1. The lowest BCUT2D eigenvalue weighted by Crippen LogP contribution is -2.41. The number of allylic oxidation sites excluding steroid dienone is 1. The second-order valence-corrected chi connectivity index (χ2v) is 7.61. The number of benzene rings is 1. The minimum Gasteiger partial charge on any atom is -0.511 e. The van der Waals surface area contributed by atoms with Crippen LogP contribution in [-0.2, 0) is 14.3 Å². The summed E-state index contributed by atoms with van der Waals surface area (Å²) in [4.78, 5) is 29.4. The SMILES string of the molecule is CCC(=Nc1ccc(Br)cc1)C1=C(O)[C@H](C(=O)OC)C(C)(C)CC1=O. The van der Waals surface area contributed by atoms with Crippen molar-refractivity contribution in [2.45, 2.75) is 33.6 Å². The van der Waals surface area contributed by atoms with Crippen molar-refractivity contribution < 1.29 is 19.4 Å². The molecule has 0 bridgehead atoms. The first-order valence-corrected chi connectivity index (χ1v) is 8.88. The Hall–Kier alpha value is -1.95. The lowest BCUT2D eigenvalue weighted by molar-refractivity contribution is -0.150. The molecule has 0 saturated carbocycles. The molecule has 0 heterocycles.